The fourth-order valence-corrected chi connectivity index (χ4v) is 0.342. The minimum absolute atomic E-state index is 0.525. The third-order valence-corrected chi connectivity index (χ3v) is 0.901. The van der Waals surface area contributed by atoms with Crippen LogP contribution in [0.25, 0.3) is 0 Å². The van der Waals surface area contributed by atoms with Crippen LogP contribution in [0.4, 0.5) is 0 Å². The van der Waals surface area contributed by atoms with E-state index in [2.05, 4.69) is 0 Å². The maximum Gasteiger partial charge on any atom is 0.241 e. The minimum atomic E-state index is -0.544. The van der Waals surface area contributed by atoms with Gasteiger partial charge >= 0.3 is 0 Å². The summed E-state index contributed by atoms with van der Waals surface area (Å²) in [6, 6.07) is 0. The summed E-state index contributed by atoms with van der Waals surface area (Å²) in [5.74, 6) is -0.525. The molecule has 1 amide bonds. The smallest absolute Gasteiger partial charge is 0.241 e. The van der Waals surface area contributed by atoms with E-state index < -0.39 is 12.0 Å². The molecule has 0 saturated heterocycles. The van der Waals surface area contributed by atoms with Crippen molar-refractivity contribution in [2.75, 3.05) is 0 Å². The van der Waals surface area contributed by atoms with E-state index in [4.69, 9.17) is 10.8 Å². The molecule has 3 nitrogen and oxygen atoms in total. The zero-order valence-corrected chi connectivity index (χ0v) is 5.37. The van der Waals surface area contributed by atoms with Gasteiger partial charge in [-0.25, -0.2) is 0 Å². The van der Waals surface area contributed by atoms with Crippen molar-refractivity contribution < 1.29 is 9.90 Å². The normalized spacial score (nSPS) is 14.0. The molecule has 0 aromatic heterocycles. The molecule has 9 heavy (non-hydrogen) atoms. The van der Waals surface area contributed by atoms with E-state index in [1.807, 2.05) is 6.92 Å². The monoisotopic (exact) mass is 129 g/mol. The van der Waals surface area contributed by atoms with Gasteiger partial charge in [-0.1, -0.05) is 13.0 Å². The molecule has 0 fully saturated rings. The largest absolute Gasteiger partial charge is 0.389 e. The van der Waals surface area contributed by atoms with Gasteiger partial charge in [0.05, 0.1) is 6.10 Å². The Balaban J connectivity index is 3.56. The predicted molar refractivity (Wildman–Crippen MR) is 34.6 cm³/mol. The van der Waals surface area contributed by atoms with Gasteiger partial charge in [-0.2, -0.15) is 0 Å². The van der Waals surface area contributed by atoms with Crippen LogP contribution in [0.5, 0.6) is 0 Å². The topological polar surface area (TPSA) is 63.3 Å². The lowest BCUT2D eigenvalue weighted by Gasteiger charge is -1.95. The number of carbonyl (C=O) groups excluding carboxylic acids is 1. The molecule has 0 rings (SSSR count). The highest BCUT2D eigenvalue weighted by molar-refractivity contribution is 5.85. The molecule has 0 aromatic carbocycles. The molecule has 0 aromatic rings. The third-order valence-electron chi connectivity index (χ3n) is 0.901. The van der Waals surface area contributed by atoms with Crippen molar-refractivity contribution >= 4 is 5.91 Å². The summed E-state index contributed by atoms with van der Waals surface area (Å²) in [7, 11) is 0. The summed E-state index contributed by atoms with van der Waals surface area (Å²) in [5.41, 5.74) is 4.76. The van der Waals surface area contributed by atoms with E-state index in [9.17, 15) is 4.79 Å². The summed E-state index contributed by atoms with van der Waals surface area (Å²) in [5, 5.41) is 8.81. The maximum atomic E-state index is 10.0. The maximum absolute atomic E-state index is 10.0. The molecule has 1 unspecified atom stereocenters. The summed E-state index contributed by atoms with van der Waals surface area (Å²) < 4.78 is 0. The van der Waals surface area contributed by atoms with Crippen molar-refractivity contribution in [3.63, 3.8) is 0 Å². The van der Waals surface area contributed by atoms with E-state index in [1.54, 1.807) is 0 Å². The second-order valence-electron chi connectivity index (χ2n) is 1.74. The van der Waals surface area contributed by atoms with Crippen LogP contribution >= 0.6 is 0 Å². The van der Waals surface area contributed by atoms with Gasteiger partial charge in [-0.05, 0) is 6.42 Å². The van der Waals surface area contributed by atoms with Crippen LogP contribution in [0.15, 0.2) is 12.2 Å². The van der Waals surface area contributed by atoms with Crippen LogP contribution in [0.3, 0.4) is 0 Å². The van der Waals surface area contributed by atoms with Crippen LogP contribution in [0.1, 0.15) is 13.3 Å². The Morgan fingerprint density at radius 3 is 2.78 bits per heavy atom. The molecule has 1 atom stereocenters. The molecule has 3 heteroatoms. The van der Waals surface area contributed by atoms with Crippen molar-refractivity contribution in [2.45, 2.75) is 19.4 Å². The lowest BCUT2D eigenvalue weighted by molar-refractivity contribution is -0.113. The summed E-state index contributed by atoms with van der Waals surface area (Å²) in [6.07, 6.45) is 2.60. The highest BCUT2D eigenvalue weighted by Crippen LogP contribution is 1.89. The standard InChI is InChI=1S/C6H11NO2/c1-2-5(8)3-4-6(7)9/h3-5,8H,2H2,1H3,(H2,7,9). The van der Waals surface area contributed by atoms with Crippen molar-refractivity contribution in [3.8, 4) is 0 Å². The molecular formula is C6H11NO2. The van der Waals surface area contributed by atoms with Gasteiger partial charge in [0, 0.05) is 6.08 Å². The fourth-order valence-electron chi connectivity index (χ4n) is 0.342. The number of aliphatic hydroxyl groups is 1. The molecule has 52 valence electrons. The molecule has 0 bridgehead atoms. The zero-order valence-electron chi connectivity index (χ0n) is 5.37. The van der Waals surface area contributed by atoms with Gasteiger partial charge in [-0.15, -0.1) is 0 Å². The van der Waals surface area contributed by atoms with Crippen LogP contribution in [-0.2, 0) is 4.79 Å². The number of primary amides is 1. The molecule has 0 spiro atoms. The molecule has 0 radical (unpaired) electrons. The second-order valence-corrected chi connectivity index (χ2v) is 1.74. The van der Waals surface area contributed by atoms with Crippen LogP contribution in [0.2, 0.25) is 0 Å². The van der Waals surface area contributed by atoms with Gasteiger partial charge in [0.15, 0.2) is 0 Å². The van der Waals surface area contributed by atoms with Crippen molar-refractivity contribution in [1.29, 1.82) is 0 Å². The van der Waals surface area contributed by atoms with E-state index in [-0.39, 0.29) is 0 Å². The lowest BCUT2D eigenvalue weighted by Crippen LogP contribution is -2.08. The Morgan fingerprint density at radius 1 is 1.89 bits per heavy atom. The quantitative estimate of drug-likeness (QED) is 0.518. The van der Waals surface area contributed by atoms with Crippen molar-refractivity contribution in [3.05, 3.63) is 12.2 Å². The summed E-state index contributed by atoms with van der Waals surface area (Å²) >= 11 is 0. The molecule has 0 aliphatic carbocycles. The fraction of sp³-hybridized carbons (Fsp3) is 0.500. The molecule has 0 aliphatic rings. The van der Waals surface area contributed by atoms with E-state index >= 15 is 0 Å². The number of nitrogens with two attached hydrogens (primary N) is 1. The third kappa shape index (κ3) is 5.03. The van der Waals surface area contributed by atoms with E-state index in [0.29, 0.717) is 6.42 Å². The summed E-state index contributed by atoms with van der Waals surface area (Å²) in [6.45, 7) is 1.82. The predicted octanol–water partition coefficient (Wildman–Crippen LogP) is -0.201. The first-order valence-corrected chi connectivity index (χ1v) is 2.82. The van der Waals surface area contributed by atoms with Gasteiger partial charge in [0.1, 0.15) is 0 Å². The summed E-state index contributed by atoms with van der Waals surface area (Å²) in [4.78, 5) is 10.0. The number of amides is 1. The highest BCUT2D eigenvalue weighted by Gasteiger charge is 1.92. The Hall–Kier alpha value is -0.830. The Labute approximate surface area is 54.2 Å². The Kier molecular flexibility index (Phi) is 3.71. The van der Waals surface area contributed by atoms with Gasteiger partial charge < -0.3 is 10.8 Å². The molecular weight excluding hydrogens is 118 g/mol. The SMILES string of the molecule is CCC(O)C=CC(N)=O. The lowest BCUT2D eigenvalue weighted by atomic mass is 10.2. The Morgan fingerprint density at radius 2 is 2.44 bits per heavy atom. The minimum Gasteiger partial charge on any atom is -0.389 e. The van der Waals surface area contributed by atoms with Crippen molar-refractivity contribution in [1.82, 2.24) is 0 Å². The first-order valence-electron chi connectivity index (χ1n) is 2.82. The van der Waals surface area contributed by atoms with E-state index in [1.165, 1.54) is 6.08 Å². The Bertz CT molecular complexity index is 120. The van der Waals surface area contributed by atoms with Gasteiger partial charge in [-0.3, -0.25) is 4.79 Å². The first-order chi connectivity index (χ1) is 4.16. The number of hydrogen-bond donors (Lipinski definition) is 2. The molecule has 3 N–H and O–H groups in total. The number of rotatable bonds is 3. The second kappa shape index (κ2) is 4.09. The van der Waals surface area contributed by atoms with E-state index in [0.717, 1.165) is 6.08 Å². The number of hydrogen-bond acceptors (Lipinski definition) is 2. The first kappa shape index (κ1) is 8.17. The van der Waals surface area contributed by atoms with Crippen LogP contribution in [0, 0.1) is 0 Å². The molecule has 0 heterocycles. The zero-order chi connectivity index (χ0) is 7.28. The highest BCUT2D eigenvalue weighted by atomic mass is 16.3. The average Bonchev–Trinajstić information content (AvgIpc) is 1.83. The molecule has 0 aliphatic heterocycles. The van der Waals surface area contributed by atoms with Gasteiger partial charge in [0.25, 0.3) is 0 Å². The number of carbonyl (C=O) groups is 1. The number of aliphatic hydroxyl groups excluding tert-OH is 1. The average molecular weight is 129 g/mol. The molecule has 0 saturated carbocycles. The van der Waals surface area contributed by atoms with Gasteiger partial charge in [0.2, 0.25) is 5.91 Å². The van der Waals surface area contributed by atoms with Crippen LogP contribution in [-0.4, -0.2) is 17.1 Å². The van der Waals surface area contributed by atoms with Crippen molar-refractivity contribution in [2.24, 2.45) is 5.73 Å². The van der Waals surface area contributed by atoms with Crippen LogP contribution < -0.4 is 5.73 Å².